The lowest BCUT2D eigenvalue weighted by atomic mass is 10.0. The first kappa shape index (κ1) is 20.8. The molecule has 0 radical (unpaired) electrons. The Hall–Kier alpha value is -3.48. The van der Waals surface area contributed by atoms with Gasteiger partial charge in [-0.1, -0.05) is 0 Å². The van der Waals surface area contributed by atoms with Crippen molar-refractivity contribution in [2.45, 2.75) is 12.8 Å². The summed E-state index contributed by atoms with van der Waals surface area (Å²) < 4.78 is 22.6. The van der Waals surface area contributed by atoms with Crippen molar-refractivity contribution in [1.29, 1.82) is 0 Å². The van der Waals surface area contributed by atoms with E-state index in [2.05, 4.69) is 10.3 Å². The summed E-state index contributed by atoms with van der Waals surface area (Å²) in [4.78, 5) is 15.9. The van der Waals surface area contributed by atoms with E-state index in [1.807, 2.05) is 36.4 Å². The first-order valence-corrected chi connectivity index (χ1v) is 10.2. The van der Waals surface area contributed by atoms with Gasteiger partial charge in [-0.25, -0.2) is 0 Å². The molecule has 7 nitrogen and oxygen atoms in total. The van der Waals surface area contributed by atoms with Crippen molar-refractivity contribution < 1.29 is 23.7 Å². The fourth-order valence-electron chi connectivity index (χ4n) is 3.89. The lowest BCUT2D eigenvalue weighted by Gasteiger charge is -2.16. The highest BCUT2D eigenvalue weighted by Crippen LogP contribution is 2.42. The van der Waals surface area contributed by atoms with Gasteiger partial charge in [0.25, 0.3) is 0 Å². The minimum atomic E-state index is 0.115. The molecule has 4 rings (SSSR count). The molecule has 1 aliphatic heterocycles. The number of carbonyl (C=O) groups excluding carboxylic acids is 1. The number of rotatable bonds is 8. The van der Waals surface area contributed by atoms with Gasteiger partial charge in [0.2, 0.25) is 11.7 Å². The molecule has 0 bridgehead atoms. The summed E-state index contributed by atoms with van der Waals surface area (Å²) in [6.45, 7) is 1.25. The second-order valence-corrected chi connectivity index (χ2v) is 7.47. The normalized spacial score (nSPS) is 15.6. The van der Waals surface area contributed by atoms with Crippen LogP contribution in [0, 0.1) is 5.92 Å². The molecule has 1 aliphatic rings. The molecule has 1 aromatic heterocycles. The molecular formula is C24H26N2O5. The van der Waals surface area contributed by atoms with E-state index in [1.165, 1.54) is 0 Å². The van der Waals surface area contributed by atoms with E-state index in [0.717, 1.165) is 40.7 Å². The number of aromatic nitrogens is 1. The van der Waals surface area contributed by atoms with Crippen LogP contribution in [-0.4, -0.2) is 45.4 Å². The topological polar surface area (TPSA) is 78.9 Å². The summed E-state index contributed by atoms with van der Waals surface area (Å²) in [7, 11) is 4.78. The molecule has 0 aliphatic carbocycles. The van der Waals surface area contributed by atoms with Gasteiger partial charge in [0, 0.05) is 24.5 Å². The van der Waals surface area contributed by atoms with Gasteiger partial charge in [0.05, 0.1) is 33.5 Å². The molecule has 1 atom stereocenters. The van der Waals surface area contributed by atoms with Crippen LogP contribution in [0.3, 0.4) is 0 Å². The third-order valence-electron chi connectivity index (χ3n) is 5.53. The van der Waals surface area contributed by atoms with E-state index in [4.69, 9.17) is 18.9 Å². The highest BCUT2D eigenvalue weighted by molar-refractivity contribution is 5.90. The predicted molar refractivity (Wildman–Crippen MR) is 118 cm³/mol. The summed E-state index contributed by atoms with van der Waals surface area (Å²) in [5.74, 6) is 2.90. The van der Waals surface area contributed by atoms with Gasteiger partial charge in [0.1, 0.15) is 5.75 Å². The number of ether oxygens (including phenoxy) is 4. The third-order valence-corrected chi connectivity index (χ3v) is 5.53. The van der Waals surface area contributed by atoms with Crippen molar-refractivity contribution in [3.05, 3.63) is 42.6 Å². The highest BCUT2D eigenvalue weighted by Gasteiger charge is 2.21. The SMILES string of the molecule is COc1cc(-c2cc(OCC[C@H]3CNC(=O)C3)c3cccnc3c2)cc(OC)c1OC. The van der Waals surface area contributed by atoms with Gasteiger partial charge < -0.3 is 24.3 Å². The van der Waals surface area contributed by atoms with Crippen LogP contribution in [0.2, 0.25) is 0 Å². The van der Waals surface area contributed by atoms with Gasteiger partial charge in [-0.3, -0.25) is 9.78 Å². The number of fused-ring (bicyclic) bond motifs is 1. The van der Waals surface area contributed by atoms with Crippen LogP contribution in [0.15, 0.2) is 42.6 Å². The van der Waals surface area contributed by atoms with Crippen LogP contribution in [0.25, 0.3) is 22.0 Å². The third kappa shape index (κ3) is 4.35. The van der Waals surface area contributed by atoms with Gasteiger partial charge in [0.15, 0.2) is 11.5 Å². The molecule has 7 heteroatoms. The number of carbonyl (C=O) groups is 1. The van der Waals surface area contributed by atoms with Crippen LogP contribution in [0.5, 0.6) is 23.0 Å². The first-order valence-electron chi connectivity index (χ1n) is 10.2. The van der Waals surface area contributed by atoms with E-state index in [-0.39, 0.29) is 5.91 Å². The van der Waals surface area contributed by atoms with Crippen molar-refractivity contribution in [2.75, 3.05) is 34.5 Å². The molecule has 1 N–H and O–H groups in total. The van der Waals surface area contributed by atoms with E-state index in [0.29, 0.717) is 36.2 Å². The maximum atomic E-state index is 11.4. The zero-order chi connectivity index (χ0) is 21.8. The number of methoxy groups -OCH3 is 3. The van der Waals surface area contributed by atoms with Crippen molar-refractivity contribution in [3.63, 3.8) is 0 Å². The Morgan fingerprint density at radius 3 is 2.35 bits per heavy atom. The molecule has 0 unspecified atom stereocenters. The maximum absolute atomic E-state index is 11.4. The summed E-state index contributed by atoms with van der Waals surface area (Å²) >= 11 is 0. The summed E-state index contributed by atoms with van der Waals surface area (Å²) in [6.07, 6.45) is 3.15. The second-order valence-electron chi connectivity index (χ2n) is 7.47. The Morgan fingerprint density at radius 1 is 1.00 bits per heavy atom. The van der Waals surface area contributed by atoms with Crippen molar-refractivity contribution in [3.8, 4) is 34.1 Å². The number of nitrogens with one attached hydrogen (secondary N) is 1. The molecule has 1 saturated heterocycles. The zero-order valence-electron chi connectivity index (χ0n) is 17.9. The van der Waals surface area contributed by atoms with Crippen LogP contribution < -0.4 is 24.3 Å². The molecule has 2 heterocycles. The van der Waals surface area contributed by atoms with Crippen molar-refractivity contribution in [2.24, 2.45) is 5.92 Å². The van der Waals surface area contributed by atoms with Crippen LogP contribution in [0.4, 0.5) is 0 Å². The lowest BCUT2D eigenvalue weighted by Crippen LogP contribution is -2.14. The molecule has 2 aromatic carbocycles. The van der Waals surface area contributed by atoms with E-state index >= 15 is 0 Å². The van der Waals surface area contributed by atoms with Crippen molar-refractivity contribution in [1.82, 2.24) is 10.3 Å². The summed E-state index contributed by atoms with van der Waals surface area (Å²) in [5, 5.41) is 3.81. The Kier molecular flexibility index (Phi) is 6.11. The molecule has 31 heavy (non-hydrogen) atoms. The number of nitrogens with zero attached hydrogens (tertiary/aromatic N) is 1. The number of pyridine rings is 1. The molecule has 1 fully saturated rings. The average Bonchev–Trinajstić information content (AvgIpc) is 3.22. The average molecular weight is 422 g/mol. The molecular weight excluding hydrogens is 396 g/mol. The van der Waals surface area contributed by atoms with Crippen molar-refractivity contribution >= 4 is 16.8 Å². The van der Waals surface area contributed by atoms with Gasteiger partial charge in [-0.05, 0) is 59.9 Å². The number of hydrogen-bond acceptors (Lipinski definition) is 6. The molecule has 0 saturated carbocycles. The van der Waals surface area contributed by atoms with E-state index in [1.54, 1.807) is 27.5 Å². The van der Waals surface area contributed by atoms with E-state index < -0.39 is 0 Å². The molecule has 162 valence electrons. The number of amides is 1. The fourth-order valence-corrected chi connectivity index (χ4v) is 3.89. The molecule has 1 amide bonds. The first-order chi connectivity index (χ1) is 15.1. The molecule has 3 aromatic rings. The number of benzene rings is 2. The number of hydrogen-bond donors (Lipinski definition) is 1. The van der Waals surface area contributed by atoms with Crippen LogP contribution in [-0.2, 0) is 4.79 Å². The minimum Gasteiger partial charge on any atom is -0.493 e. The molecule has 0 spiro atoms. The largest absolute Gasteiger partial charge is 0.493 e. The van der Waals surface area contributed by atoms with Crippen LogP contribution in [0.1, 0.15) is 12.8 Å². The van der Waals surface area contributed by atoms with E-state index in [9.17, 15) is 4.79 Å². The smallest absolute Gasteiger partial charge is 0.220 e. The van der Waals surface area contributed by atoms with Gasteiger partial charge in [-0.2, -0.15) is 0 Å². The minimum absolute atomic E-state index is 0.115. The maximum Gasteiger partial charge on any atom is 0.220 e. The standard InChI is InChI=1S/C24H26N2O5/c1-28-21-12-17(13-22(29-2)24(21)30-3)16-10-19-18(5-4-7-25-19)20(11-16)31-8-6-15-9-23(27)26-14-15/h4-5,7,10-13,15H,6,8-9,14H2,1-3H3,(H,26,27)/t15-/m1/s1. The Labute approximate surface area is 181 Å². The predicted octanol–water partition coefficient (Wildman–Crippen LogP) is 3.83. The van der Waals surface area contributed by atoms with Crippen LogP contribution >= 0.6 is 0 Å². The quantitative estimate of drug-likeness (QED) is 0.594. The lowest BCUT2D eigenvalue weighted by molar-refractivity contribution is -0.119. The summed E-state index contributed by atoms with van der Waals surface area (Å²) in [6, 6.07) is 11.7. The fraction of sp³-hybridized carbons (Fsp3) is 0.333. The Morgan fingerprint density at radius 2 is 1.71 bits per heavy atom. The Balaban J connectivity index is 1.68. The van der Waals surface area contributed by atoms with Gasteiger partial charge >= 0.3 is 0 Å². The Bertz CT molecular complexity index is 1070. The monoisotopic (exact) mass is 422 g/mol. The summed E-state index contributed by atoms with van der Waals surface area (Å²) in [5.41, 5.74) is 2.66. The van der Waals surface area contributed by atoms with Gasteiger partial charge in [-0.15, -0.1) is 0 Å². The zero-order valence-corrected chi connectivity index (χ0v) is 17.9. The second kappa shape index (κ2) is 9.12. The highest BCUT2D eigenvalue weighted by atomic mass is 16.5.